The zero-order chi connectivity index (χ0) is 13.8. The molecule has 106 valence electrons. The van der Waals surface area contributed by atoms with Gasteiger partial charge in [0.2, 0.25) is 0 Å². The number of nitrogens with one attached hydrogen (secondary N) is 1. The minimum atomic E-state index is 0.536. The minimum Gasteiger partial charge on any atom is -0.385 e. The largest absolute Gasteiger partial charge is 0.385 e. The van der Waals surface area contributed by atoms with Gasteiger partial charge in [0.1, 0.15) is 0 Å². The number of rotatable bonds is 5. The summed E-state index contributed by atoms with van der Waals surface area (Å²) in [6.45, 7) is 7.83. The van der Waals surface area contributed by atoms with Crippen LogP contribution >= 0.6 is 0 Å². The second-order valence-corrected chi connectivity index (χ2v) is 5.73. The van der Waals surface area contributed by atoms with Gasteiger partial charge < -0.3 is 15.1 Å². The Hall–Kier alpha value is -1.22. The van der Waals surface area contributed by atoms with Crippen molar-refractivity contribution in [3.63, 3.8) is 0 Å². The zero-order valence-electron chi connectivity index (χ0n) is 12.7. The predicted octanol–water partition coefficient (Wildman–Crippen LogP) is 2.82. The molecule has 1 aliphatic rings. The van der Waals surface area contributed by atoms with E-state index in [1.807, 2.05) is 0 Å². The number of likely N-dealkylation sites (N-methyl/N-ethyl adjacent to an activating group) is 2. The fourth-order valence-corrected chi connectivity index (χ4v) is 3.11. The van der Waals surface area contributed by atoms with E-state index < -0.39 is 0 Å². The number of anilines is 2. The van der Waals surface area contributed by atoms with Crippen LogP contribution in [-0.2, 0) is 6.42 Å². The van der Waals surface area contributed by atoms with Crippen LogP contribution in [0.4, 0.5) is 11.4 Å². The zero-order valence-corrected chi connectivity index (χ0v) is 12.7. The Bertz CT molecular complexity index is 414. The topological polar surface area (TPSA) is 18.5 Å². The fraction of sp³-hybridized carbons (Fsp3) is 0.625. The van der Waals surface area contributed by atoms with Gasteiger partial charge in [0.25, 0.3) is 0 Å². The Kier molecular flexibility index (Phi) is 4.70. The Morgan fingerprint density at radius 3 is 2.79 bits per heavy atom. The van der Waals surface area contributed by atoms with Crippen LogP contribution in [-0.4, -0.2) is 44.7 Å². The Morgan fingerprint density at radius 2 is 2.11 bits per heavy atom. The maximum atomic E-state index is 3.52. The molecule has 0 aliphatic carbocycles. The van der Waals surface area contributed by atoms with Crippen LogP contribution in [0, 0.1) is 0 Å². The molecule has 1 aromatic carbocycles. The number of fused-ring (bicyclic) bond motifs is 1. The molecule has 0 amide bonds. The first-order chi connectivity index (χ1) is 9.13. The molecular weight excluding hydrogens is 234 g/mol. The van der Waals surface area contributed by atoms with Crippen molar-refractivity contribution in [2.45, 2.75) is 32.7 Å². The van der Waals surface area contributed by atoms with E-state index in [1.54, 1.807) is 0 Å². The molecule has 0 saturated heterocycles. The lowest BCUT2D eigenvalue weighted by Crippen LogP contribution is -2.40. The Balaban J connectivity index is 2.27. The van der Waals surface area contributed by atoms with Crippen LogP contribution in [0.3, 0.4) is 0 Å². The molecule has 1 aliphatic heterocycles. The van der Waals surface area contributed by atoms with Crippen LogP contribution in [0.25, 0.3) is 0 Å². The number of benzene rings is 1. The molecule has 0 fully saturated rings. The summed E-state index contributed by atoms with van der Waals surface area (Å²) in [4.78, 5) is 4.80. The second kappa shape index (κ2) is 6.29. The smallest absolute Gasteiger partial charge is 0.0422 e. The van der Waals surface area contributed by atoms with E-state index in [0.29, 0.717) is 6.04 Å². The first kappa shape index (κ1) is 14.2. The standard InChI is InChI=1S/C16H27N3/c1-5-19(13(2)12-18(3)4)16-10-6-9-15-14(16)8-7-11-17-15/h6,9-10,13,17H,5,7-8,11-12H2,1-4H3. The van der Waals surface area contributed by atoms with E-state index in [4.69, 9.17) is 0 Å². The summed E-state index contributed by atoms with van der Waals surface area (Å²) in [6.07, 6.45) is 2.44. The molecule has 1 unspecified atom stereocenters. The molecule has 1 heterocycles. The van der Waals surface area contributed by atoms with Crippen LogP contribution in [0.1, 0.15) is 25.8 Å². The molecule has 1 N–H and O–H groups in total. The van der Waals surface area contributed by atoms with Gasteiger partial charge in [-0.25, -0.2) is 0 Å². The summed E-state index contributed by atoms with van der Waals surface area (Å²) in [5, 5.41) is 3.52. The van der Waals surface area contributed by atoms with Gasteiger partial charge in [0.05, 0.1) is 0 Å². The van der Waals surface area contributed by atoms with Gasteiger partial charge in [-0.15, -0.1) is 0 Å². The van der Waals surface area contributed by atoms with Crippen molar-refractivity contribution in [3.05, 3.63) is 23.8 Å². The molecule has 0 saturated carbocycles. The average molecular weight is 261 g/mol. The van der Waals surface area contributed by atoms with E-state index in [1.165, 1.54) is 29.8 Å². The second-order valence-electron chi connectivity index (χ2n) is 5.73. The third-order valence-corrected chi connectivity index (χ3v) is 3.88. The molecule has 2 rings (SSSR count). The lowest BCUT2D eigenvalue weighted by molar-refractivity contribution is 0.372. The van der Waals surface area contributed by atoms with Crippen molar-refractivity contribution >= 4 is 11.4 Å². The average Bonchev–Trinajstić information content (AvgIpc) is 2.39. The highest BCUT2D eigenvalue weighted by atomic mass is 15.2. The van der Waals surface area contributed by atoms with Crippen molar-refractivity contribution in [2.75, 3.05) is 43.9 Å². The summed E-state index contributed by atoms with van der Waals surface area (Å²) in [5.41, 5.74) is 4.25. The van der Waals surface area contributed by atoms with E-state index in [2.05, 4.69) is 61.3 Å². The lowest BCUT2D eigenvalue weighted by atomic mass is 10.00. The highest BCUT2D eigenvalue weighted by Gasteiger charge is 2.19. The predicted molar refractivity (Wildman–Crippen MR) is 84.3 cm³/mol. The van der Waals surface area contributed by atoms with Crippen molar-refractivity contribution in [2.24, 2.45) is 0 Å². The monoisotopic (exact) mass is 261 g/mol. The lowest BCUT2D eigenvalue weighted by Gasteiger charge is -2.35. The summed E-state index contributed by atoms with van der Waals surface area (Å²) >= 11 is 0. The van der Waals surface area contributed by atoms with Crippen molar-refractivity contribution in [1.29, 1.82) is 0 Å². The molecule has 1 atom stereocenters. The van der Waals surface area contributed by atoms with Gasteiger partial charge in [-0.05, 0) is 58.5 Å². The van der Waals surface area contributed by atoms with Crippen molar-refractivity contribution in [3.8, 4) is 0 Å². The van der Waals surface area contributed by atoms with Crippen LogP contribution in [0.5, 0.6) is 0 Å². The van der Waals surface area contributed by atoms with E-state index in [9.17, 15) is 0 Å². The SMILES string of the molecule is CCN(c1cccc2c1CCCN2)C(C)CN(C)C. The van der Waals surface area contributed by atoms with Crippen LogP contribution in [0.2, 0.25) is 0 Å². The molecular formula is C16H27N3. The first-order valence-corrected chi connectivity index (χ1v) is 7.40. The van der Waals surface area contributed by atoms with Gasteiger partial charge in [-0.3, -0.25) is 0 Å². The van der Waals surface area contributed by atoms with Crippen molar-refractivity contribution in [1.82, 2.24) is 4.90 Å². The normalized spacial score (nSPS) is 15.8. The summed E-state index contributed by atoms with van der Waals surface area (Å²) < 4.78 is 0. The molecule has 0 radical (unpaired) electrons. The molecule has 19 heavy (non-hydrogen) atoms. The Morgan fingerprint density at radius 1 is 1.32 bits per heavy atom. The van der Waals surface area contributed by atoms with E-state index in [0.717, 1.165) is 19.6 Å². The van der Waals surface area contributed by atoms with E-state index in [-0.39, 0.29) is 0 Å². The van der Waals surface area contributed by atoms with Crippen molar-refractivity contribution < 1.29 is 0 Å². The molecule has 0 spiro atoms. The summed E-state index contributed by atoms with van der Waals surface area (Å²) in [7, 11) is 4.29. The first-order valence-electron chi connectivity index (χ1n) is 7.40. The van der Waals surface area contributed by atoms with Gasteiger partial charge >= 0.3 is 0 Å². The van der Waals surface area contributed by atoms with Crippen LogP contribution < -0.4 is 10.2 Å². The maximum absolute atomic E-state index is 3.52. The number of hydrogen-bond donors (Lipinski definition) is 1. The van der Waals surface area contributed by atoms with Gasteiger partial charge in [0, 0.05) is 37.1 Å². The third-order valence-electron chi connectivity index (χ3n) is 3.88. The maximum Gasteiger partial charge on any atom is 0.0422 e. The third kappa shape index (κ3) is 3.21. The Labute approximate surface area is 117 Å². The minimum absolute atomic E-state index is 0.536. The molecule has 3 nitrogen and oxygen atoms in total. The molecule has 1 aromatic rings. The quantitative estimate of drug-likeness (QED) is 0.879. The van der Waals surface area contributed by atoms with Crippen LogP contribution in [0.15, 0.2) is 18.2 Å². The summed E-state index contributed by atoms with van der Waals surface area (Å²) in [5.74, 6) is 0. The molecule has 0 aromatic heterocycles. The van der Waals surface area contributed by atoms with E-state index >= 15 is 0 Å². The number of nitrogens with zero attached hydrogens (tertiary/aromatic N) is 2. The number of hydrogen-bond acceptors (Lipinski definition) is 3. The van der Waals surface area contributed by atoms with Gasteiger partial charge in [0.15, 0.2) is 0 Å². The summed E-state index contributed by atoms with van der Waals surface area (Å²) in [6, 6.07) is 7.20. The highest BCUT2D eigenvalue weighted by molar-refractivity contribution is 5.68. The van der Waals surface area contributed by atoms with Gasteiger partial charge in [-0.2, -0.15) is 0 Å². The highest BCUT2D eigenvalue weighted by Crippen LogP contribution is 2.32. The van der Waals surface area contributed by atoms with Gasteiger partial charge in [-0.1, -0.05) is 6.07 Å². The fourth-order valence-electron chi connectivity index (χ4n) is 3.11. The molecule has 0 bridgehead atoms. The molecule has 3 heteroatoms.